The minimum atomic E-state index is -3.51. The SMILES string of the molecule is CCCNS(=O)(=O)c1c(C)nn(-c2ccc(C)cc2)c1C. The topological polar surface area (TPSA) is 64.0 Å². The van der Waals surface area contributed by atoms with E-state index in [4.69, 9.17) is 0 Å². The Morgan fingerprint density at radius 1 is 1.14 bits per heavy atom. The predicted octanol–water partition coefficient (Wildman–Crippen LogP) is 2.49. The van der Waals surface area contributed by atoms with Gasteiger partial charge in [0, 0.05) is 6.54 Å². The fourth-order valence-corrected chi connectivity index (χ4v) is 3.79. The molecule has 0 radical (unpaired) electrons. The quantitative estimate of drug-likeness (QED) is 0.923. The van der Waals surface area contributed by atoms with Gasteiger partial charge in [-0.2, -0.15) is 5.10 Å². The van der Waals surface area contributed by atoms with Crippen molar-refractivity contribution in [2.45, 2.75) is 39.0 Å². The van der Waals surface area contributed by atoms with Gasteiger partial charge in [0.15, 0.2) is 0 Å². The Hall–Kier alpha value is -1.66. The maximum absolute atomic E-state index is 12.4. The first kappa shape index (κ1) is 15.7. The minimum Gasteiger partial charge on any atom is -0.236 e. The van der Waals surface area contributed by atoms with Crippen LogP contribution in [0.1, 0.15) is 30.3 Å². The second-order valence-electron chi connectivity index (χ2n) is 5.15. The molecule has 2 aromatic rings. The van der Waals surface area contributed by atoms with Gasteiger partial charge in [-0.05, 0) is 39.3 Å². The molecule has 5 nitrogen and oxygen atoms in total. The maximum Gasteiger partial charge on any atom is 0.244 e. The van der Waals surface area contributed by atoms with Crippen molar-refractivity contribution in [1.29, 1.82) is 0 Å². The fourth-order valence-electron chi connectivity index (χ4n) is 2.26. The summed E-state index contributed by atoms with van der Waals surface area (Å²) >= 11 is 0. The molecule has 0 bridgehead atoms. The summed E-state index contributed by atoms with van der Waals surface area (Å²) in [6.45, 7) is 7.86. The van der Waals surface area contributed by atoms with E-state index in [9.17, 15) is 8.42 Å². The second-order valence-corrected chi connectivity index (χ2v) is 6.85. The minimum absolute atomic E-state index is 0.275. The molecule has 0 spiro atoms. The summed E-state index contributed by atoms with van der Waals surface area (Å²) in [5.41, 5.74) is 3.15. The van der Waals surface area contributed by atoms with E-state index < -0.39 is 10.0 Å². The Bertz CT molecular complexity index is 731. The molecule has 0 aliphatic rings. The Kier molecular flexibility index (Phi) is 4.49. The smallest absolute Gasteiger partial charge is 0.236 e. The van der Waals surface area contributed by atoms with Crippen molar-refractivity contribution >= 4 is 10.0 Å². The van der Waals surface area contributed by atoms with Gasteiger partial charge in [-0.1, -0.05) is 24.6 Å². The van der Waals surface area contributed by atoms with Gasteiger partial charge >= 0.3 is 0 Å². The molecule has 0 fully saturated rings. The molecule has 6 heteroatoms. The number of hydrogen-bond acceptors (Lipinski definition) is 3. The molecule has 0 saturated carbocycles. The molecule has 0 aliphatic carbocycles. The third-order valence-corrected chi connectivity index (χ3v) is 5.03. The van der Waals surface area contributed by atoms with E-state index in [1.54, 1.807) is 18.5 Å². The highest BCUT2D eigenvalue weighted by Gasteiger charge is 2.24. The number of rotatable bonds is 5. The highest BCUT2D eigenvalue weighted by Crippen LogP contribution is 2.22. The van der Waals surface area contributed by atoms with Crippen molar-refractivity contribution < 1.29 is 8.42 Å². The van der Waals surface area contributed by atoms with Gasteiger partial charge in [-0.25, -0.2) is 17.8 Å². The molecule has 114 valence electrons. The lowest BCUT2D eigenvalue weighted by atomic mass is 10.2. The van der Waals surface area contributed by atoms with E-state index in [2.05, 4.69) is 9.82 Å². The van der Waals surface area contributed by atoms with Gasteiger partial charge in [0.1, 0.15) is 4.90 Å². The number of nitrogens with zero attached hydrogens (tertiary/aromatic N) is 2. The van der Waals surface area contributed by atoms with Crippen molar-refractivity contribution in [3.05, 3.63) is 41.2 Å². The van der Waals surface area contributed by atoms with Gasteiger partial charge in [-0.3, -0.25) is 0 Å². The van der Waals surface area contributed by atoms with Gasteiger partial charge in [0.05, 0.1) is 17.1 Å². The van der Waals surface area contributed by atoms with Crippen molar-refractivity contribution in [2.75, 3.05) is 6.54 Å². The Morgan fingerprint density at radius 3 is 2.33 bits per heavy atom. The summed E-state index contributed by atoms with van der Waals surface area (Å²) in [5.74, 6) is 0. The number of sulfonamides is 1. The molecular formula is C15H21N3O2S. The molecule has 1 N–H and O–H groups in total. The van der Waals surface area contributed by atoms with E-state index in [-0.39, 0.29) is 4.90 Å². The van der Waals surface area contributed by atoms with E-state index in [1.807, 2.05) is 38.1 Å². The molecule has 21 heavy (non-hydrogen) atoms. The van der Waals surface area contributed by atoms with Crippen molar-refractivity contribution in [1.82, 2.24) is 14.5 Å². The molecule has 1 aromatic carbocycles. The molecule has 0 atom stereocenters. The van der Waals surface area contributed by atoms with Crippen molar-refractivity contribution in [2.24, 2.45) is 0 Å². The van der Waals surface area contributed by atoms with Crippen LogP contribution in [0, 0.1) is 20.8 Å². The summed E-state index contributed by atoms with van der Waals surface area (Å²) in [6.07, 6.45) is 0.753. The maximum atomic E-state index is 12.4. The highest BCUT2D eigenvalue weighted by molar-refractivity contribution is 7.89. The van der Waals surface area contributed by atoms with Gasteiger partial charge < -0.3 is 0 Å². The summed E-state index contributed by atoms with van der Waals surface area (Å²) in [6, 6.07) is 7.83. The van der Waals surface area contributed by atoms with Crippen LogP contribution < -0.4 is 4.72 Å². The third-order valence-electron chi connectivity index (χ3n) is 3.31. The molecule has 2 rings (SSSR count). The summed E-state index contributed by atoms with van der Waals surface area (Å²) < 4.78 is 29.0. The molecule has 0 amide bonds. The van der Waals surface area contributed by atoms with Crippen LogP contribution in [0.4, 0.5) is 0 Å². The summed E-state index contributed by atoms with van der Waals surface area (Å²) in [7, 11) is -3.51. The zero-order valence-electron chi connectivity index (χ0n) is 12.8. The lowest BCUT2D eigenvalue weighted by Crippen LogP contribution is -2.25. The predicted molar refractivity (Wildman–Crippen MR) is 83.3 cm³/mol. The van der Waals surface area contributed by atoms with Crippen LogP contribution in [-0.2, 0) is 10.0 Å². The Balaban J connectivity index is 2.49. The van der Waals surface area contributed by atoms with Crippen LogP contribution in [0.2, 0.25) is 0 Å². The second kappa shape index (κ2) is 5.99. The highest BCUT2D eigenvalue weighted by atomic mass is 32.2. The van der Waals surface area contributed by atoms with Crippen molar-refractivity contribution in [3.63, 3.8) is 0 Å². The van der Waals surface area contributed by atoms with Crippen LogP contribution in [-0.4, -0.2) is 24.7 Å². The number of aromatic nitrogens is 2. The average Bonchev–Trinajstić information content (AvgIpc) is 2.73. The van der Waals surface area contributed by atoms with Crippen LogP contribution in [0.25, 0.3) is 5.69 Å². The average molecular weight is 307 g/mol. The number of aryl methyl sites for hydroxylation is 2. The van der Waals surface area contributed by atoms with Gasteiger partial charge in [-0.15, -0.1) is 0 Å². The molecule has 0 unspecified atom stereocenters. The summed E-state index contributed by atoms with van der Waals surface area (Å²) in [5, 5.41) is 4.38. The lowest BCUT2D eigenvalue weighted by molar-refractivity contribution is 0.579. The lowest BCUT2D eigenvalue weighted by Gasteiger charge is -2.07. The van der Waals surface area contributed by atoms with E-state index >= 15 is 0 Å². The van der Waals surface area contributed by atoms with E-state index in [0.29, 0.717) is 17.9 Å². The number of nitrogens with one attached hydrogen (secondary N) is 1. The monoisotopic (exact) mass is 307 g/mol. The Morgan fingerprint density at radius 2 is 1.76 bits per heavy atom. The molecule has 0 aliphatic heterocycles. The fraction of sp³-hybridized carbons (Fsp3) is 0.400. The van der Waals surface area contributed by atoms with Gasteiger partial charge in [0.2, 0.25) is 10.0 Å². The molecule has 1 heterocycles. The van der Waals surface area contributed by atoms with E-state index in [0.717, 1.165) is 17.7 Å². The Labute approximate surface area is 126 Å². The zero-order chi connectivity index (χ0) is 15.6. The number of hydrogen-bond donors (Lipinski definition) is 1. The molecule has 1 aromatic heterocycles. The van der Waals surface area contributed by atoms with Crippen molar-refractivity contribution in [3.8, 4) is 5.69 Å². The van der Waals surface area contributed by atoms with Crippen LogP contribution in [0.15, 0.2) is 29.2 Å². The largest absolute Gasteiger partial charge is 0.244 e. The standard InChI is InChI=1S/C15H21N3O2S/c1-5-10-16-21(19,20)15-12(3)17-18(13(15)4)14-8-6-11(2)7-9-14/h6-9,16H,5,10H2,1-4H3. The number of benzene rings is 1. The molecule has 0 saturated heterocycles. The van der Waals surface area contributed by atoms with E-state index in [1.165, 1.54) is 0 Å². The molecular weight excluding hydrogens is 286 g/mol. The van der Waals surface area contributed by atoms with Crippen LogP contribution in [0.5, 0.6) is 0 Å². The van der Waals surface area contributed by atoms with Crippen LogP contribution in [0.3, 0.4) is 0 Å². The first-order valence-corrected chi connectivity index (χ1v) is 8.48. The third kappa shape index (κ3) is 3.16. The first-order chi connectivity index (χ1) is 9.86. The van der Waals surface area contributed by atoms with Crippen LogP contribution >= 0.6 is 0 Å². The summed E-state index contributed by atoms with van der Waals surface area (Å²) in [4.78, 5) is 0.275. The zero-order valence-corrected chi connectivity index (χ0v) is 13.7. The normalized spacial score (nSPS) is 11.8. The first-order valence-electron chi connectivity index (χ1n) is 6.99. The van der Waals surface area contributed by atoms with Gasteiger partial charge in [0.25, 0.3) is 0 Å².